The van der Waals surface area contributed by atoms with E-state index in [2.05, 4.69) is 39.7 Å². The van der Waals surface area contributed by atoms with E-state index in [9.17, 15) is 0 Å². The molecule has 1 aliphatic rings. The maximum Gasteiger partial charge on any atom is 0.105 e. The van der Waals surface area contributed by atoms with Gasteiger partial charge in [-0.2, -0.15) is 0 Å². The average molecular weight is 400 g/mol. The number of anilines is 1. The van der Waals surface area contributed by atoms with E-state index >= 15 is 0 Å². The van der Waals surface area contributed by atoms with Gasteiger partial charge < -0.3 is 5.73 Å². The molecule has 2 N–H and O–H groups in total. The van der Waals surface area contributed by atoms with Crippen LogP contribution in [-0.2, 0) is 0 Å². The lowest BCUT2D eigenvalue weighted by Crippen LogP contribution is -2.10. The molecule has 1 aromatic carbocycles. The Labute approximate surface area is 139 Å². The quantitative estimate of drug-likeness (QED) is 0.448. The fourth-order valence-electron chi connectivity index (χ4n) is 2.68. The molecule has 2 rings (SSSR count). The second-order valence-electron chi connectivity index (χ2n) is 5.79. The van der Waals surface area contributed by atoms with Gasteiger partial charge in [0.2, 0.25) is 0 Å². The molecule has 1 aromatic rings. The molecular weight excluding hydrogens is 379 g/mol. The van der Waals surface area contributed by atoms with Gasteiger partial charge in [-0.3, -0.25) is 4.99 Å². The summed E-state index contributed by atoms with van der Waals surface area (Å²) in [5, 5.41) is 0. The molecule has 1 fully saturated rings. The Morgan fingerprint density at radius 3 is 2.70 bits per heavy atom. The number of hydrogen-bond acceptors (Lipinski definition) is 2. The SMILES string of the molecule is BC1CCCCC(N=Cc2cc(Br)cc(Br)c2N)CC1. The van der Waals surface area contributed by atoms with Gasteiger partial charge in [-0.15, -0.1) is 0 Å². The van der Waals surface area contributed by atoms with Crippen LogP contribution >= 0.6 is 31.9 Å². The predicted octanol–water partition coefficient (Wildman–Crippen LogP) is 4.36. The summed E-state index contributed by atoms with van der Waals surface area (Å²) in [6, 6.07) is 4.44. The van der Waals surface area contributed by atoms with Gasteiger partial charge in [0.15, 0.2) is 0 Å². The molecule has 2 unspecified atom stereocenters. The van der Waals surface area contributed by atoms with Crippen LogP contribution in [0.4, 0.5) is 5.69 Å². The van der Waals surface area contributed by atoms with E-state index in [1.54, 1.807) is 0 Å². The van der Waals surface area contributed by atoms with Crippen LogP contribution in [0.1, 0.15) is 44.1 Å². The molecule has 108 valence electrons. The van der Waals surface area contributed by atoms with Crippen molar-refractivity contribution in [2.45, 2.75) is 50.4 Å². The Morgan fingerprint density at radius 1 is 1.15 bits per heavy atom. The van der Waals surface area contributed by atoms with Crippen molar-refractivity contribution in [1.82, 2.24) is 0 Å². The van der Waals surface area contributed by atoms with Crippen molar-refractivity contribution in [1.29, 1.82) is 0 Å². The Kier molecular flexibility index (Phi) is 6.15. The van der Waals surface area contributed by atoms with Gasteiger partial charge in [0.1, 0.15) is 7.85 Å². The van der Waals surface area contributed by atoms with Gasteiger partial charge in [-0.25, -0.2) is 0 Å². The highest BCUT2D eigenvalue weighted by Crippen LogP contribution is 2.28. The Bertz CT molecular complexity index is 491. The second kappa shape index (κ2) is 7.65. The fourth-order valence-corrected chi connectivity index (χ4v) is 3.94. The van der Waals surface area contributed by atoms with E-state index in [-0.39, 0.29) is 0 Å². The normalized spacial score (nSPS) is 24.5. The predicted molar refractivity (Wildman–Crippen MR) is 97.6 cm³/mol. The van der Waals surface area contributed by atoms with Crippen LogP contribution in [0.25, 0.3) is 0 Å². The van der Waals surface area contributed by atoms with Gasteiger partial charge in [-0.1, -0.05) is 47.4 Å². The zero-order valence-electron chi connectivity index (χ0n) is 11.9. The molecule has 0 radical (unpaired) electrons. The van der Waals surface area contributed by atoms with E-state index < -0.39 is 0 Å². The number of halogens is 2. The molecule has 20 heavy (non-hydrogen) atoms. The number of hydrogen-bond donors (Lipinski definition) is 1. The highest BCUT2D eigenvalue weighted by Gasteiger charge is 2.13. The van der Waals surface area contributed by atoms with Crippen LogP contribution in [0.15, 0.2) is 26.1 Å². The van der Waals surface area contributed by atoms with Crippen LogP contribution < -0.4 is 5.73 Å². The van der Waals surface area contributed by atoms with Crippen molar-refractivity contribution in [2.24, 2.45) is 4.99 Å². The molecule has 0 aliphatic heterocycles. The van der Waals surface area contributed by atoms with Gasteiger partial charge >= 0.3 is 0 Å². The summed E-state index contributed by atoms with van der Waals surface area (Å²) in [6.45, 7) is 0. The van der Waals surface area contributed by atoms with Gasteiger partial charge in [0, 0.05) is 26.8 Å². The molecule has 1 aliphatic carbocycles. The highest BCUT2D eigenvalue weighted by atomic mass is 79.9. The largest absolute Gasteiger partial charge is 0.397 e. The van der Waals surface area contributed by atoms with Crippen molar-refractivity contribution in [3.05, 3.63) is 26.6 Å². The lowest BCUT2D eigenvalue weighted by molar-refractivity contribution is 0.456. The number of nitrogen functional groups attached to an aromatic ring is 1. The van der Waals surface area contributed by atoms with Gasteiger partial charge in [-0.05, 0) is 40.9 Å². The van der Waals surface area contributed by atoms with E-state index in [1.807, 2.05) is 18.3 Å². The molecule has 2 nitrogen and oxygen atoms in total. The van der Waals surface area contributed by atoms with E-state index in [4.69, 9.17) is 10.7 Å². The van der Waals surface area contributed by atoms with Crippen LogP contribution in [0, 0.1) is 0 Å². The summed E-state index contributed by atoms with van der Waals surface area (Å²) in [5.74, 6) is 0.845. The highest BCUT2D eigenvalue weighted by molar-refractivity contribution is 9.11. The molecule has 0 aromatic heterocycles. The number of rotatable bonds is 2. The summed E-state index contributed by atoms with van der Waals surface area (Å²) in [6.07, 6.45) is 9.66. The van der Waals surface area contributed by atoms with Crippen molar-refractivity contribution < 1.29 is 0 Å². The summed E-state index contributed by atoms with van der Waals surface area (Å²) >= 11 is 6.97. The molecule has 0 saturated heterocycles. The summed E-state index contributed by atoms with van der Waals surface area (Å²) in [7, 11) is 2.36. The van der Waals surface area contributed by atoms with Crippen LogP contribution in [0.5, 0.6) is 0 Å². The number of benzene rings is 1. The summed E-state index contributed by atoms with van der Waals surface area (Å²) < 4.78 is 1.94. The smallest absolute Gasteiger partial charge is 0.105 e. The summed E-state index contributed by atoms with van der Waals surface area (Å²) in [4.78, 5) is 4.79. The minimum absolute atomic E-state index is 0.454. The first-order valence-corrected chi connectivity index (χ1v) is 8.92. The Morgan fingerprint density at radius 2 is 1.90 bits per heavy atom. The van der Waals surface area contributed by atoms with Gasteiger partial charge in [0.25, 0.3) is 0 Å². The van der Waals surface area contributed by atoms with Crippen molar-refractivity contribution >= 4 is 51.6 Å². The molecule has 0 amide bonds. The van der Waals surface area contributed by atoms with E-state index in [0.29, 0.717) is 6.04 Å². The number of nitrogens with zero attached hydrogens (tertiary/aromatic N) is 1. The maximum absolute atomic E-state index is 6.09. The monoisotopic (exact) mass is 398 g/mol. The second-order valence-corrected chi connectivity index (χ2v) is 7.56. The van der Waals surface area contributed by atoms with E-state index in [0.717, 1.165) is 26.0 Å². The first-order chi connectivity index (χ1) is 9.56. The fraction of sp³-hybridized carbons (Fsp3) is 0.533. The lowest BCUT2D eigenvalue weighted by Gasteiger charge is -2.20. The Hall–Kier alpha value is -0.285. The van der Waals surface area contributed by atoms with Crippen molar-refractivity contribution in [3.63, 3.8) is 0 Å². The summed E-state index contributed by atoms with van der Waals surface area (Å²) in [5.41, 5.74) is 7.83. The van der Waals surface area contributed by atoms with Crippen molar-refractivity contribution in [3.8, 4) is 0 Å². The molecule has 5 heteroatoms. The average Bonchev–Trinajstić information content (AvgIpc) is 2.39. The first-order valence-electron chi connectivity index (χ1n) is 7.34. The van der Waals surface area contributed by atoms with Gasteiger partial charge in [0.05, 0.1) is 5.69 Å². The van der Waals surface area contributed by atoms with Crippen LogP contribution in [0.2, 0.25) is 5.82 Å². The molecule has 0 bridgehead atoms. The van der Waals surface area contributed by atoms with Crippen LogP contribution in [-0.4, -0.2) is 20.1 Å². The Balaban J connectivity index is 2.08. The molecule has 0 heterocycles. The van der Waals surface area contributed by atoms with Crippen LogP contribution in [0.3, 0.4) is 0 Å². The zero-order valence-corrected chi connectivity index (χ0v) is 15.1. The molecule has 0 spiro atoms. The molecule has 2 atom stereocenters. The van der Waals surface area contributed by atoms with E-state index in [1.165, 1.54) is 38.5 Å². The third-order valence-electron chi connectivity index (χ3n) is 4.03. The molecular formula is C15H21BBr2N2. The minimum atomic E-state index is 0.454. The standard InChI is InChI=1S/C15H21BBr2N2/c16-11-3-1-2-4-13(6-5-11)20-9-10-7-12(17)8-14(18)15(10)19/h7-9,11,13H,1-6,16,19H2. The minimum Gasteiger partial charge on any atom is -0.397 e. The topological polar surface area (TPSA) is 38.4 Å². The number of nitrogens with two attached hydrogens (primary N) is 1. The number of aliphatic imine (C=N–C) groups is 1. The third kappa shape index (κ3) is 4.62. The third-order valence-corrected chi connectivity index (χ3v) is 5.14. The molecule has 1 saturated carbocycles. The zero-order chi connectivity index (χ0) is 14.5. The lowest BCUT2D eigenvalue weighted by atomic mass is 9.76. The first kappa shape index (κ1) is 16.1. The van der Waals surface area contributed by atoms with Crippen molar-refractivity contribution in [2.75, 3.05) is 5.73 Å². The maximum atomic E-state index is 6.09.